The number of carbonyl (C=O) groups excluding carboxylic acids is 1. The summed E-state index contributed by atoms with van der Waals surface area (Å²) in [5.41, 5.74) is 0.915. The lowest BCUT2D eigenvalue weighted by Crippen LogP contribution is -2.49. The Morgan fingerprint density at radius 3 is 2.24 bits per heavy atom. The monoisotopic (exact) mass is 544 g/mol. The van der Waals surface area contributed by atoms with Gasteiger partial charge in [-0.15, -0.1) is 0 Å². The number of sulfonamides is 1. The molecule has 1 amide bonds. The van der Waals surface area contributed by atoms with Gasteiger partial charge in [-0.2, -0.15) is 4.72 Å². The van der Waals surface area contributed by atoms with Crippen molar-refractivity contribution in [1.82, 2.24) is 20.0 Å². The van der Waals surface area contributed by atoms with E-state index < -0.39 is 34.5 Å². The minimum atomic E-state index is -4.06. The summed E-state index contributed by atoms with van der Waals surface area (Å²) in [6.07, 6.45) is 1.37. The Hall–Kier alpha value is -3.74. The third kappa shape index (κ3) is 6.73. The number of rotatable bonds is 9. The van der Waals surface area contributed by atoms with Gasteiger partial charge in [0.2, 0.25) is 16.0 Å². The topological polar surface area (TPSA) is 145 Å². The van der Waals surface area contributed by atoms with Crippen molar-refractivity contribution in [2.24, 2.45) is 0 Å². The van der Waals surface area contributed by atoms with Gasteiger partial charge in [0.1, 0.15) is 6.17 Å². The van der Waals surface area contributed by atoms with Gasteiger partial charge in [0.05, 0.1) is 22.0 Å². The molecule has 1 aromatic heterocycles. The standard InChI is InChI=1S/C24H25ClN6O5S/c25-19-15-17(7-8-20(19)30-11-13-31(14-12-30)24-26-9-4-10-27-24)23(34)28-21(16-22(32)33)29-37(35,36)18-5-2-1-3-6-18/h1-10,15,21,29H,11-14,16H2,(H,28,34)(H,32,33). The van der Waals surface area contributed by atoms with Crippen LogP contribution in [0.4, 0.5) is 11.6 Å². The van der Waals surface area contributed by atoms with Crippen LogP contribution in [0.2, 0.25) is 5.02 Å². The lowest BCUT2D eigenvalue weighted by Gasteiger charge is -2.36. The molecule has 37 heavy (non-hydrogen) atoms. The maximum Gasteiger partial charge on any atom is 0.306 e. The van der Waals surface area contributed by atoms with E-state index in [1.807, 2.05) is 0 Å². The maximum absolute atomic E-state index is 12.9. The second-order valence-corrected chi connectivity index (χ2v) is 10.4. The van der Waals surface area contributed by atoms with Crippen LogP contribution in [0, 0.1) is 0 Å². The van der Waals surface area contributed by atoms with E-state index in [1.54, 1.807) is 36.7 Å². The van der Waals surface area contributed by atoms with Crippen molar-refractivity contribution in [3.63, 3.8) is 0 Å². The lowest BCUT2D eigenvalue weighted by molar-refractivity contribution is -0.137. The highest BCUT2D eigenvalue weighted by Gasteiger charge is 2.25. The molecule has 0 spiro atoms. The number of carboxylic acids is 1. The van der Waals surface area contributed by atoms with Gasteiger partial charge in [0, 0.05) is 44.1 Å². The normalized spacial score (nSPS) is 14.7. The molecule has 1 saturated heterocycles. The van der Waals surface area contributed by atoms with E-state index in [4.69, 9.17) is 11.6 Å². The maximum atomic E-state index is 12.9. The van der Waals surface area contributed by atoms with E-state index in [9.17, 15) is 23.1 Å². The molecule has 1 aliphatic rings. The molecule has 3 aromatic rings. The molecule has 0 saturated carbocycles. The molecule has 1 atom stereocenters. The number of nitrogens with zero attached hydrogens (tertiary/aromatic N) is 4. The van der Waals surface area contributed by atoms with E-state index >= 15 is 0 Å². The Morgan fingerprint density at radius 1 is 0.973 bits per heavy atom. The number of hydrogen-bond acceptors (Lipinski definition) is 8. The summed E-state index contributed by atoms with van der Waals surface area (Å²) in [5.74, 6) is -1.28. The van der Waals surface area contributed by atoms with Crippen molar-refractivity contribution >= 4 is 45.1 Å². The highest BCUT2D eigenvalue weighted by molar-refractivity contribution is 7.89. The number of carbonyl (C=O) groups is 2. The zero-order chi connectivity index (χ0) is 26.4. The highest BCUT2D eigenvalue weighted by atomic mass is 35.5. The van der Waals surface area contributed by atoms with Gasteiger partial charge in [-0.3, -0.25) is 9.59 Å². The zero-order valence-corrected chi connectivity index (χ0v) is 21.2. The fourth-order valence-corrected chi connectivity index (χ4v) is 5.37. The quantitative estimate of drug-likeness (QED) is 0.344. The Balaban J connectivity index is 1.42. The summed E-state index contributed by atoms with van der Waals surface area (Å²) in [5, 5.41) is 12.0. The van der Waals surface area contributed by atoms with Gasteiger partial charge >= 0.3 is 5.97 Å². The average molecular weight is 545 g/mol. The Kier molecular flexibility index (Phi) is 8.21. The fraction of sp³-hybridized carbons (Fsp3) is 0.250. The summed E-state index contributed by atoms with van der Waals surface area (Å²) in [6, 6.07) is 14.0. The van der Waals surface area contributed by atoms with Crippen LogP contribution in [0.1, 0.15) is 16.8 Å². The Bertz CT molecular complexity index is 1350. The summed E-state index contributed by atoms with van der Waals surface area (Å²) < 4.78 is 27.5. The number of anilines is 2. The first-order valence-corrected chi connectivity index (χ1v) is 13.3. The van der Waals surface area contributed by atoms with Gasteiger partial charge in [-0.25, -0.2) is 18.4 Å². The van der Waals surface area contributed by atoms with Crippen molar-refractivity contribution in [3.05, 3.63) is 77.6 Å². The van der Waals surface area contributed by atoms with Crippen molar-refractivity contribution in [2.75, 3.05) is 36.0 Å². The number of nitrogens with one attached hydrogen (secondary N) is 2. The van der Waals surface area contributed by atoms with Gasteiger partial charge in [-0.05, 0) is 36.4 Å². The van der Waals surface area contributed by atoms with Crippen LogP contribution in [-0.4, -0.2) is 67.7 Å². The van der Waals surface area contributed by atoms with Crippen molar-refractivity contribution < 1.29 is 23.1 Å². The lowest BCUT2D eigenvalue weighted by atomic mass is 10.1. The molecule has 1 fully saturated rings. The highest BCUT2D eigenvalue weighted by Crippen LogP contribution is 2.28. The predicted molar refractivity (Wildman–Crippen MR) is 138 cm³/mol. The molecule has 2 heterocycles. The first kappa shape index (κ1) is 26.3. The number of benzene rings is 2. The van der Waals surface area contributed by atoms with Gasteiger partial charge in [-0.1, -0.05) is 29.8 Å². The number of piperazine rings is 1. The number of aliphatic carboxylic acids is 1. The minimum absolute atomic E-state index is 0.0500. The number of hydrogen-bond donors (Lipinski definition) is 3. The van der Waals surface area contributed by atoms with E-state index in [0.717, 1.165) is 5.69 Å². The molecule has 2 aromatic carbocycles. The Labute approximate surface area is 219 Å². The van der Waals surface area contributed by atoms with Crippen molar-refractivity contribution in [1.29, 1.82) is 0 Å². The molecule has 194 valence electrons. The SMILES string of the molecule is O=C(O)CC(NC(=O)c1ccc(N2CCN(c3ncccn3)CC2)c(Cl)c1)NS(=O)(=O)c1ccccc1. The molecule has 11 nitrogen and oxygen atoms in total. The number of aromatic nitrogens is 2. The second kappa shape index (κ2) is 11.5. The number of amides is 1. The molecule has 13 heteroatoms. The smallest absolute Gasteiger partial charge is 0.306 e. The third-order valence-corrected chi connectivity index (χ3v) is 7.49. The first-order valence-electron chi connectivity index (χ1n) is 11.4. The summed E-state index contributed by atoms with van der Waals surface area (Å²) in [6.45, 7) is 2.74. The molecule has 4 rings (SSSR count). The van der Waals surface area contributed by atoms with Crippen LogP contribution >= 0.6 is 11.6 Å². The molecule has 1 unspecified atom stereocenters. The number of carboxylic acid groups (broad SMARTS) is 1. The van der Waals surface area contributed by atoms with E-state index in [1.165, 1.54) is 30.3 Å². The van der Waals surface area contributed by atoms with Crippen molar-refractivity contribution in [3.8, 4) is 0 Å². The first-order chi connectivity index (χ1) is 17.7. The minimum Gasteiger partial charge on any atom is -0.481 e. The third-order valence-electron chi connectivity index (χ3n) is 5.70. The van der Waals surface area contributed by atoms with Crippen LogP contribution in [0.15, 0.2) is 71.9 Å². The molecule has 1 aliphatic heterocycles. The average Bonchev–Trinajstić information content (AvgIpc) is 2.89. The molecule has 0 aliphatic carbocycles. The van der Waals surface area contributed by atoms with E-state index in [2.05, 4.69) is 29.8 Å². The van der Waals surface area contributed by atoms with Crippen molar-refractivity contribution in [2.45, 2.75) is 17.5 Å². The van der Waals surface area contributed by atoms with Crippen LogP contribution in [0.3, 0.4) is 0 Å². The molecule has 0 radical (unpaired) electrons. The van der Waals surface area contributed by atoms with Gasteiger partial charge in [0.15, 0.2) is 0 Å². The van der Waals surface area contributed by atoms with Gasteiger partial charge < -0.3 is 20.2 Å². The van der Waals surface area contributed by atoms with E-state index in [-0.39, 0.29) is 10.5 Å². The molecular formula is C24H25ClN6O5S. The van der Waals surface area contributed by atoms with Gasteiger partial charge in [0.25, 0.3) is 5.91 Å². The summed E-state index contributed by atoms with van der Waals surface area (Å²) >= 11 is 6.50. The van der Waals surface area contributed by atoms with E-state index in [0.29, 0.717) is 37.1 Å². The molecule has 0 bridgehead atoms. The van der Waals surface area contributed by atoms with Crippen LogP contribution in [-0.2, 0) is 14.8 Å². The Morgan fingerprint density at radius 2 is 1.62 bits per heavy atom. The zero-order valence-electron chi connectivity index (χ0n) is 19.6. The summed E-state index contributed by atoms with van der Waals surface area (Å²) in [4.78, 5) is 36.8. The van der Waals surface area contributed by atoms with Crippen LogP contribution < -0.4 is 19.8 Å². The predicted octanol–water partition coefficient (Wildman–Crippen LogP) is 1.97. The number of halogens is 1. The summed E-state index contributed by atoms with van der Waals surface area (Å²) in [7, 11) is -4.06. The largest absolute Gasteiger partial charge is 0.481 e. The molecule has 3 N–H and O–H groups in total. The second-order valence-electron chi connectivity index (χ2n) is 8.25. The fourth-order valence-electron chi connectivity index (χ4n) is 3.90. The van der Waals surface area contributed by atoms with Crippen LogP contribution in [0.5, 0.6) is 0 Å². The molecular weight excluding hydrogens is 520 g/mol. The van der Waals surface area contributed by atoms with Crippen LogP contribution in [0.25, 0.3) is 0 Å².